The summed E-state index contributed by atoms with van der Waals surface area (Å²) in [5.74, 6) is 0.792. The first-order valence-corrected chi connectivity index (χ1v) is 10.9. The molecule has 0 amide bonds. The number of ether oxygens (including phenoxy) is 1. The highest BCUT2D eigenvalue weighted by Gasteiger charge is 2.61. The van der Waals surface area contributed by atoms with Crippen LogP contribution in [-0.4, -0.2) is 6.61 Å². The molecule has 0 radical (unpaired) electrons. The van der Waals surface area contributed by atoms with E-state index in [1.165, 1.54) is 5.56 Å². The molecule has 150 valence electrons. The summed E-state index contributed by atoms with van der Waals surface area (Å²) >= 11 is 3.58. The lowest BCUT2D eigenvalue weighted by atomic mass is 9.71. The lowest BCUT2D eigenvalue weighted by Crippen LogP contribution is -2.41. The van der Waals surface area contributed by atoms with Crippen LogP contribution in [0.1, 0.15) is 35.8 Å². The molecular weight excluding hydrogens is 440 g/mol. The van der Waals surface area contributed by atoms with Crippen molar-refractivity contribution in [1.29, 1.82) is 5.26 Å². The molecule has 1 fully saturated rings. The number of rotatable bonds is 3. The summed E-state index contributed by atoms with van der Waals surface area (Å²) < 4.78 is 7.06. The van der Waals surface area contributed by atoms with Gasteiger partial charge in [0, 0.05) is 10.0 Å². The molecule has 3 aromatic rings. The van der Waals surface area contributed by atoms with Crippen LogP contribution >= 0.6 is 15.9 Å². The Morgan fingerprint density at radius 2 is 1.87 bits per heavy atom. The summed E-state index contributed by atoms with van der Waals surface area (Å²) in [6, 6.07) is 26.6. The van der Waals surface area contributed by atoms with Gasteiger partial charge in [0.25, 0.3) is 0 Å². The van der Waals surface area contributed by atoms with E-state index in [9.17, 15) is 5.26 Å². The summed E-state index contributed by atoms with van der Waals surface area (Å²) in [6.45, 7) is 2.40. The fourth-order valence-electron chi connectivity index (χ4n) is 4.46. The van der Waals surface area contributed by atoms with Gasteiger partial charge in [-0.2, -0.15) is 5.26 Å². The van der Waals surface area contributed by atoms with Crippen LogP contribution < -0.4 is 9.80 Å². The smallest absolute Gasteiger partial charge is 0.151 e. The van der Waals surface area contributed by atoms with Crippen molar-refractivity contribution in [2.75, 3.05) is 11.7 Å². The highest BCUT2D eigenvalue weighted by molar-refractivity contribution is 9.10. The van der Waals surface area contributed by atoms with Gasteiger partial charge in [-0.1, -0.05) is 65.3 Å². The molecule has 4 nitrogen and oxygen atoms in total. The van der Waals surface area contributed by atoms with Crippen LogP contribution in [0, 0.1) is 16.7 Å². The molecule has 5 heteroatoms. The van der Waals surface area contributed by atoms with Crippen molar-refractivity contribution >= 4 is 21.6 Å². The topological polar surface area (TPSA) is 45.5 Å². The van der Waals surface area contributed by atoms with Crippen LogP contribution in [0.3, 0.4) is 0 Å². The Labute approximate surface area is 184 Å². The Balaban J connectivity index is 1.69. The summed E-state index contributed by atoms with van der Waals surface area (Å²) in [7, 11) is 0. The highest BCUT2D eigenvalue weighted by atomic mass is 79.9. The first kappa shape index (κ1) is 19.2. The van der Waals surface area contributed by atoms with E-state index in [-0.39, 0.29) is 12.6 Å². The number of fused-ring (bicyclic) bond motifs is 3. The van der Waals surface area contributed by atoms with E-state index in [0.29, 0.717) is 0 Å². The summed E-state index contributed by atoms with van der Waals surface area (Å²) in [4.78, 5) is 6.56. The number of anilines is 1. The Hall–Kier alpha value is -2.81. The Morgan fingerprint density at radius 3 is 2.57 bits per heavy atom. The number of aryl methyl sites for hydroxylation is 1. The predicted octanol–water partition coefficient (Wildman–Crippen LogP) is 6.15. The maximum absolute atomic E-state index is 10.5. The average molecular weight is 461 g/mol. The minimum atomic E-state index is -0.878. The molecule has 2 aliphatic heterocycles. The van der Waals surface area contributed by atoms with E-state index in [0.717, 1.165) is 33.5 Å². The van der Waals surface area contributed by atoms with Gasteiger partial charge in [-0.3, -0.25) is 4.84 Å². The monoisotopic (exact) mass is 460 g/mol. The van der Waals surface area contributed by atoms with E-state index in [4.69, 9.17) is 9.57 Å². The maximum Gasteiger partial charge on any atom is 0.151 e. The van der Waals surface area contributed by atoms with Gasteiger partial charge in [0.1, 0.15) is 24.5 Å². The highest BCUT2D eigenvalue weighted by Crippen LogP contribution is 2.60. The molecule has 0 N–H and O–H groups in total. The van der Waals surface area contributed by atoms with Gasteiger partial charge in [-0.25, -0.2) is 5.06 Å². The van der Waals surface area contributed by atoms with Gasteiger partial charge in [0.05, 0.1) is 11.8 Å². The zero-order valence-electron chi connectivity index (χ0n) is 16.6. The average Bonchev–Trinajstić information content (AvgIpc) is 3.16. The molecule has 2 heterocycles. The molecule has 0 spiro atoms. The summed E-state index contributed by atoms with van der Waals surface area (Å²) in [5.41, 5.74) is 3.24. The Bertz CT molecular complexity index is 1110. The number of benzene rings is 3. The van der Waals surface area contributed by atoms with Crippen molar-refractivity contribution < 1.29 is 9.57 Å². The molecule has 0 bridgehead atoms. The van der Waals surface area contributed by atoms with Crippen molar-refractivity contribution in [1.82, 2.24) is 0 Å². The van der Waals surface area contributed by atoms with Crippen LogP contribution in [0.15, 0.2) is 77.3 Å². The van der Waals surface area contributed by atoms with Gasteiger partial charge in [0.15, 0.2) is 5.41 Å². The van der Waals surface area contributed by atoms with Gasteiger partial charge in [-0.05, 0) is 47.9 Å². The summed E-state index contributed by atoms with van der Waals surface area (Å²) in [6.07, 6.45) is 0.532. The van der Waals surface area contributed by atoms with Crippen molar-refractivity contribution in [3.8, 4) is 11.8 Å². The van der Waals surface area contributed by atoms with Crippen molar-refractivity contribution in [2.24, 2.45) is 5.41 Å². The van der Waals surface area contributed by atoms with Crippen molar-refractivity contribution in [3.05, 3.63) is 94.0 Å². The molecule has 3 atom stereocenters. The Kier molecular flexibility index (Phi) is 4.77. The van der Waals surface area contributed by atoms with Crippen LogP contribution in [0.5, 0.6) is 5.75 Å². The third-order valence-electron chi connectivity index (χ3n) is 6.05. The van der Waals surface area contributed by atoms with Gasteiger partial charge < -0.3 is 4.74 Å². The number of hydroxylamine groups is 1. The third-order valence-corrected chi connectivity index (χ3v) is 6.55. The van der Waals surface area contributed by atoms with E-state index >= 15 is 0 Å². The van der Waals surface area contributed by atoms with Crippen LogP contribution in [0.25, 0.3) is 0 Å². The molecule has 30 heavy (non-hydrogen) atoms. The Morgan fingerprint density at radius 1 is 1.10 bits per heavy atom. The lowest BCUT2D eigenvalue weighted by molar-refractivity contribution is 0.0344. The second kappa shape index (κ2) is 7.46. The molecule has 0 aromatic heterocycles. The standard InChI is InChI=1S/C25H21BrN2O2/c1-2-17-8-10-18(11-9-17)24-25(15-27)16-29-22-13-12-19(26)14-21(22)23(25)28(30-24)20-6-4-3-5-7-20/h3-14,23-24H,2,16H2,1H3/t23-,24-,25+/m1/s1. The van der Waals surface area contributed by atoms with Gasteiger partial charge in [0.2, 0.25) is 0 Å². The SMILES string of the molecule is CCc1ccc([C@H]2ON(c3ccccc3)[C@@H]3c4cc(Br)ccc4OC[C@]23C#N)cc1. The number of hydrogen-bond acceptors (Lipinski definition) is 4. The molecule has 0 unspecified atom stereocenters. The largest absolute Gasteiger partial charge is 0.491 e. The second-order valence-corrected chi connectivity index (χ2v) is 8.68. The maximum atomic E-state index is 10.5. The molecule has 0 aliphatic carbocycles. The number of nitriles is 1. The zero-order chi connectivity index (χ0) is 20.7. The van der Waals surface area contributed by atoms with Crippen LogP contribution in [0.4, 0.5) is 5.69 Å². The normalized spacial score (nSPS) is 24.5. The fourth-order valence-corrected chi connectivity index (χ4v) is 4.84. The van der Waals surface area contributed by atoms with Crippen molar-refractivity contribution in [3.63, 3.8) is 0 Å². The molecule has 5 rings (SSSR count). The number of para-hydroxylation sites is 1. The third kappa shape index (κ3) is 2.91. The van der Waals surface area contributed by atoms with Crippen molar-refractivity contribution in [2.45, 2.75) is 25.5 Å². The molecule has 2 aliphatic rings. The van der Waals surface area contributed by atoms with Gasteiger partial charge >= 0.3 is 0 Å². The lowest BCUT2D eigenvalue weighted by Gasteiger charge is -2.37. The second-order valence-electron chi connectivity index (χ2n) is 7.77. The fraction of sp³-hybridized carbons (Fsp3) is 0.240. The molecule has 3 aromatic carbocycles. The van der Waals surface area contributed by atoms with Crippen LogP contribution in [-0.2, 0) is 11.3 Å². The quantitative estimate of drug-likeness (QED) is 0.470. The van der Waals surface area contributed by atoms with Crippen LogP contribution in [0.2, 0.25) is 0 Å². The number of hydrogen-bond donors (Lipinski definition) is 0. The molecule has 1 saturated heterocycles. The molecular formula is C25H21BrN2O2. The summed E-state index contributed by atoms with van der Waals surface area (Å²) in [5, 5.41) is 12.4. The molecule has 0 saturated carbocycles. The number of nitrogens with zero attached hydrogens (tertiary/aromatic N) is 2. The minimum Gasteiger partial charge on any atom is -0.491 e. The predicted molar refractivity (Wildman–Crippen MR) is 119 cm³/mol. The van der Waals surface area contributed by atoms with E-state index < -0.39 is 11.5 Å². The minimum absolute atomic E-state index is 0.270. The number of halogens is 1. The van der Waals surface area contributed by atoms with E-state index in [1.807, 2.05) is 53.6 Å². The van der Waals surface area contributed by atoms with Gasteiger partial charge in [-0.15, -0.1) is 0 Å². The first-order valence-electron chi connectivity index (χ1n) is 10.1. The zero-order valence-corrected chi connectivity index (χ0v) is 18.2. The van der Waals surface area contributed by atoms with E-state index in [1.54, 1.807) is 0 Å². The van der Waals surface area contributed by atoms with E-state index in [2.05, 4.69) is 53.2 Å². The first-order chi connectivity index (χ1) is 14.7.